The van der Waals surface area contributed by atoms with Gasteiger partial charge in [0.15, 0.2) is 5.69 Å². The van der Waals surface area contributed by atoms with E-state index < -0.39 is 0 Å². The van der Waals surface area contributed by atoms with E-state index in [0.717, 1.165) is 22.4 Å². The smallest absolute Gasteiger partial charge is 0.276 e. The number of H-pyrrole nitrogens is 1. The second kappa shape index (κ2) is 8.97. The number of nitrogens with zero attached hydrogens (tertiary/aromatic N) is 3. The fraction of sp³-hybridized carbons (Fsp3) is 0.192. The van der Waals surface area contributed by atoms with Gasteiger partial charge in [0, 0.05) is 36.1 Å². The normalized spacial score (nSPS) is 12.9. The van der Waals surface area contributed by atoms with Gasteiger partial charge >= 0.3 is 0 Å². The standard InChI is InChI=1S/C26H24FN5O2/c1-17-4-2-5-20(14-17)29-25(33)24-21-16-31(26(34)22-6-3-12-28-22)13-11-23(21)32(30-24)15-18-7-9-19(27)10-8-18/h2-10,12,14,28H,11,13,15-16H2,1H3,(H,29,33). The predicted octanol–water partition coefficient (Wildman–Crippen LogP) is 4.16. The molecule has 0 spiro atoms. The van der Waals surface area contributed by atoms with Crippen LogP contribution >= 0.6 is 0 Å². The molecule has 1 aliphatic rings. The van der Waals surface area contributed by atoms with Crippen molar-refractivity contribution in [2.24, 2.45) is 0 Å². The van der Waals surface area contributed by atoms with Crippen molar-refractivity contribution in [2.75, 3.05) is 11.9 Å². The van der Waals surface area contributed by atoms with Gasteiger partial charge in [-0.2, -0.15) is 5.10 Å². The van der Waals surface area contributed by atoms with Crippen molar-refractivity contribution in [1.82, 2.24) is 19.7 Å². The second-order valence-electron chi connectivity index (χ2n) is 8.44. The molecule has 0 saturated carbocycles. The first-order valence-corrected chi connectivity index (χ1v) is 11.1. The highest BCUT2D eigenvalue weighted by molar-refractivity contribution is 6.04. The molecule has 34 heavy (non-hydrogen) atoms. The molecule has 172 valence electrons. The number of rotatable bonds is 5. The fourth-order valence-corrected chi connectivity index (χ4v) is 4.29. The molecular formula is C26H24FN5O2. The number of carbonyl (C=O) groups excluding carboxylic acids is 2. The second-order valence-corrected chi connectivity index (χ2v) is 8.44. The number of fused-ring (bicyclic) bond motifs is 1. The summed E-state index contributed by atoms with van der Waals surface area (Å²) < 4.78 is 15.2. The number of aromatic amines is 1. The maximum absolute atomic E-state index is 13.4. The number of amides is 2. The molecule has 0 saturated heterocycles. The Kier molecular flexibility index (Phi) is 5.71. The van der Waals surface area contributed by atoms with Crippen LogP contribution in [0.2, 0.25) is 0 Å². The third kappa shape index (κ3) is 4.34. The minimum absolute atomic E-state index is 0.119. The number of aryl methyl sites for hydroxylation is 1. The van der Waals surface area contributed by atoms with Crippen molar-refractivity contribution in [1.29, 1.82) is 0 Å². The Labute approximate surface area is 196 Å². The minimum atomic E-state index is -0.325. The molecule has 2 amide bonds. The topological polar surface area (TPSA) is 83.0 Å². The molecule has 5 rings (SSSR count). The lowest BCUT2D eigenvalue weighted by Crippen LogP contribution is -2.37. The largest absolute Gasteiger partial charge is 0.357 e. The van der Waals surface area contributed by atoms with Gasteiger partial charge in [0.05, 0.1) is 13.1 Å². The van der Waals surface area contributed by atoms with Crippen LogP contribution in [0.5, 0.6) is 0 Å². The summed E-state index contributed by atoms with van der Waals surface area (Å²) >= 11 is 0. The summed E-state index contributed by atoms with van der Waals surface area (Å²) in [6.07, 6.45) is 2.28. The third-order valence-electron chi connectivity index (χ3n) is 5.99. The summed E-state index contributed by atoms with van der Waals surface area (Å²) in [6, 6.07) is 17.3. The van der Waals surface area contributed by atoms with Crippen LogP contribution in [0.3, 0.4) is 0 Å². The Morgan fingerprint density at radius 1 is 1.12 bits per heavy atom. The number of carbonyl (C=O) groups is 2. The van der Waals surface area contributed by atoms with E-state index in [1.54, 1.807) is 40.0 Å². The lowest BCUT2D eigenvalue weighted by molar-refractivity contribution is 0.0726. The first-order valence-electron chi connectivity index (χ1n) is 11.1. The van der Waals surface area contributed by atoms with Crippen LogP contribution in [0.25, 0.3) is 0 Å². The van der Waals surface area contributed by atoms with Gasteiger partial charge in [-0.05, 0) is 54.4 Å². The van der Waals surface area contributed by atoms with E-state index >= 15 is 0 Å². The molecule has 8 heteroatoms. The molecule has 0 fully saturated rings. The summed E-state index contributed by atoms with van der Waals surface area (Å²) in [6.45, 7) is 3.16. The molecule has 2 aromatic carbocycles. The molecule has 0 bridgehead atoms. The van der Waals surface area contributed by atoms with Crippen LogP contribution in [-0.4, -0.2) is 38.0 Å². The van der Waals surface area contributed by atoms with Gasteiger partial charge in [-0.1, -0.05) is 24.3 Å². The number of aromatic nitrogens is 3. The van der Waals surface area contributed by atoms with Crippen LogP contribution in [-0.2, 0) is 19.5 Å². The predicted molar refractivity (Wildman–Crippen MR) is 126 cm³/mol. The number of halogens is 1. The summed E-state index contributed by atoms with van der Waals surface area (Å²) in [4.78, 5) is 30.9. The van der Waals surface area contributed by atoms with E-state index in [0.29, 0.717) is 36.6 Å². The van der Waals surface area contributed by atoms with Crippen LogP contribution in [0.15, 0.2) is 66.9 Å². The highest BCUT2D eigenvalue weighted by Gasteiger charge is 2.31. The zero-order valence-electron chi connectivity index (χ0n) is 18.7. The highest BCUT2D eigenvalue weighted by Crippen LogP contribution is 2.26. The zero-order chi connectivity index (χ0) is 23.7. The van der Waals surface area contributed by atoms with E-state index in [1.807, 2.05) is 31.2 Å². The Morgan fingerprint density at radius 3 is 2.68 bits per heavy atom. The molecule has 3 heterocycles. The van der Waals surface area contributed by atoms with E-state index in [1.165, 1.54) is 12.1 Å². The van der Waals surface area contributed by atoms with Gasteiger partial charge < -0.3 is 15.2 Å². The maximum Gasteiger partial charge on any atom is 0.276 e. The zero-order valence-corrected chi connectivity index (χ0v) is 18.7. The highest BCUT2D eigenvalue weighted by atomic mass is 19.1. The number of benzene rings is 2. The summed E-state index contributed by atoms with van der Waals surface area (Å²) in [7, 11) is 0. The Bertz CT molecular complexity index is 1340. The first kappa shape index (κ1) is 21.6. The van der Waals surface area contributed by atoms with Gasteiger partial charge in [-0.25, -0.2) is 4.39 Å². The number of hydrogen-bond acceptors (Lipinski definition) is 3. The molecule has 0 unspecified atom stereocenters. The molecule has 2 aromatic heterocycles. The average Bonchev–Trinajstić information content (AvgIpc) is 3.49. The molecule has 2 N–H and O–H groups in total. The van der Waals surface area contributed by atoms with E-state index in [-0.39, 0.29) is 24.2 Å². The van der Waals surface area contributed by atoms with Crippen LogP contribution in [0, 0.1) is 12.7 Å². The Balaban J connectivity index is 1.48. The summed E-state index contributed by atoms with van der Waals surface area (Å²) in [5, 5.41) is 7.58. The quantitative estimate of drug-likeness (QED) is 0.472. The van der Waals surface area contributed by atoms with Crippen molar-refractivity contribution >= 4 is 17.5 Å². The van der Waals surface area contributed by atoms with E-state index in [4.69, 9.17) is 0 Å². The fourth-order valence-electron chi connectivity index (χ4n) is 4.29. The van der Waals surface area contributed by atoms with Crippen molar-refractivity contribution in [3.63, 3.8) is 0 Å². The summed E-state index contributed by atoms with van der Waals surface area (Å²) in [5.41, 5.74) is 5.04. The van der Waals surface area contributed by atoms with E-state index in [2.05, 4.69) is 15.4 Å². The number of hydrogen-bond donors (Lipinski definition) is 2. The SMILES string of the molecule is Cc1cccc(NC(=O)c2nn(Cc3ccc(F)cc3)c3c2CN(C(=O)c2ccc[nH]2)CC3)c1. The van der Waals surface area contributed by atoms with Crippen molar-refractivity contribution in [3.8, 4) is 0 Å². The molecular weight excluding hydrogens is 433 g/mol. The monoisotopic (exact) mass is 457 g/mol. The van der Waals surface area contributed by atoms with Gasteiger partial charge in [0.25, 0.3) is 11.8 Å². The van der Waals surface area contributed by atoms with Crippen molar-refractivity contribution in [2.45, 2.75) is 26.4 Å². The van der Waals surface area contributed by atoms with Gasteiger partial charge in [0.1, 0.15) is 11.5 Å². The third-order valence-corrected chi connectivity index (χ3v) is 5.99. The molecule has 0 radical (unpaired) electrons. The van der Waals surface area contributed by atoms with Crippen LogP contribution < -0.4 is 5.32 Å². The Morgan fingerprint density at radius 2 is 1.94 bits per heavy atom. The first-order chi connectivity index (χ1) is 16.5. The minimum Gasteiger partial charge on any atom is -0.357 e. The molecule has 0 aliphatic carbocycles. The molecule has 4 aromatic rings. The van der Waals surface area contributed by atoms with Crippen molar-refractivity contribution < 1.29 is 14.0 Å². The van der Waals surface area contributed by atoms with E-state index in [9.17, 15) is 14.0 Å². The Hall–Kier alpha value is -4.20. The number of anilines is 1. The molecule has 1 aliphatic heterocycles. The van der Waals surface area contributed by atoms with Gasteiger partial charge in [-0.15, -0.1) is 0 Å². The number of nitrogens with one attached hydrogen (secondary N) is 2. The average molecular weight is 458 g/mol. The van der Waals surface area contributed by atoms with Crippen LogP contribution in [0.4, 0.5) is 10.1 Å². The van der Waals surface area contributed by atoms with Crippen molar-refractivity contribution in [3.05, 3.63) is 106 Å². The maximum atomic E-state index is 13.4. The summed E-state index contributed by atoms with van der Waals surface area (Å²) in [5.74, 6) is -0.746. The molecule has 0 atom stereocenters. The van der Waals surface area contributed by atoms with Gasteiger partial charge in [0.2, 0.25) is 0 Å². The van der Waals surface area contributed by atoms with Gasteiger partial charge in [-0.3, -0.25) is 14.3 Å². The van der Waals surface area contributed by atoms with Crippen LogP contribution in [0.1, 0.15) is 43.4 Å². The lowest BCUT2D eigenvalue weighted by Gasteiger charge is -2.27. The lowest BCUT2D eigenvalue weighted by atomic mass is 10.0. The molecule has 7 nitrogen and oxygen atoms in total.